The van der Waals surface area contributed by atoms with Crippen molar-refractivity contribution in [3.8, 4) is 0 Å². The van der Waals surface area contributed by atoms with E-state index in [9.17, 15) is 19.7 Å². The first kappa shape index (κ1) is 19.0. The fraction of sp³-hybridized carbons (Fsp3) is 0.150. The lowest BCUT2D eigenvalue weighted by atomic mass is 10.2. The highest BCUT2D eigenvalue weighted by molar-refractivity contribution is 5.87. The summed E-state index contributed by atoms with van der Waals surface area (Å²) in [5.41, 5.74) is 0.980. The van der Waals surface area contributed by atoms with Gasteiger partial charge in [-0.15, -0.1) is 0 Å². The lowest BCUT2D eigenvalue weighted by molar-refractivity contribution is -0.384. The van der Waals surface area contributed by atoms with Crippen molar-refractivity contribution in [3.63, 3.8) is 0 Å². The van der Waals surface area contributed by atoms with Crippen LogP contribution in [0.15, 0.2) is 65.7 Å². The van der Waals surface area contributed by atoms with E-state index in [0.717, 1.165) is 0 Å². The van der Waals surface area contributed by atoms with Crippen LogP contribution in [0, 0.1) is 10.1 Å². The van der Waals surface area contributed by atoms with Gasteiger partial charge in [-0.25, -0.2) is 9.78 Å². The molecular formula is C20H17N3O5. The molecule has 0 bridgehead atoms. The van der Waals surface area contributed by atoms with Crippen LogP contribution in [0.1, 0.15) is 12.0 Å². The van der Waals surface area contributed by atoms with E-state index in [1.807, 2.05) is 6.07 Å². The number of hydrogen-bond acceptors (Lipinski definition) is 6. The summed E-state index contributed by atoms with van der Waals surface area (Å²) in [4.78, 5) is 38.6. The van der Waals surface area contributed by atoms with Crippen LogP contribution in [0.5, 0.6) is 0 Å². The predicted octanol–water partition coefficient (Wildman–Crippen LogP) is 2.95. The van der Waals surface area contributed by atoms with Crippen LogP contribution in [0.2, 0.25) is 0 Å². The number of nitro benzene ring substituents is 1. The lowest BCUT2D eigenvalue weighted by Gasteiger charge is -2.06. The van der Waals surface area contributed by atoms with E-state index in [1.165, 1.54) is 35.2 Å². The van der Waals surface area contributed by atoms with Crippen LogP contribution in [-0.2, 0) is 16.1 Å². The predicted molar refractivity (Wildman–Crippen MR) is 104 cm³/mol. The Morgan fingerprint density at radius 2 is 2.04 bits per heavy atom. The second-order valence-corrected chi connectivity index (χ2v) is 5.97. The molecule has 0 N–H and O–H groups in total. The molecule has 0 radical (unpaired) electrons. The topological polar surface area (TPSA) is 104 Å². The van der Waals surface area contributed by atoms with Crippen molar-refractivity contribution in [2.45, 2.75) is 13.0 Å². The van der Waals surface area contributed by atoms with Crippen LogP contribution in [0.3, 0.4) is 0 Å². The molecule has 2 aromatic carbocycles. The highest BCUT2D eigenvalue weighted by atomic mass is 16.6. The molecule has 8 nitrogen and oxygen atoms in total. The van der Waals surface area contributed by atoms with Crippen molar-refractivity contribution in [3.05, 3.63) is 87.0 Å². The number of benzene rings is 2. The fourth-order valence-electron chi connectivity index (χ4n) is 2.63. The molecule has 0 saturated heterocycles. The van der Waals surface area contributed by atoms with Crippen LogP contribution < -0.4 is 5.56 Å². The highest BCUT2D eigenvalue weighted by Gasteiger charge is 2.05. The van der Waals surface area contributed by atoms with Crippen LogP contribution in [0.4, 0.5) is 5.69 Å². The molecule has 0 saturated carbocycles. The summed E-state index contributed by atoms with van der Waals surface area (Å²) in [5.74, 6) is -0.560. The Labute approximate surface area is 159 Å². The number of esters is 1. The first-order valence-corrected chi connectivity index (χ1v) is 8.58. The number of nitro groups is 1. The van der Waals surface area contributed by atoms with Crippen molar-refractivity contribution in [2.24, 2.45) is 0 Å². The van der Waals surface area contributed by atoms with E-state index >= 15 is 0 Å². The molecule has 1 aromatic heterocycles. The number of carbonyl (C=O) groups excluding carboxylic acids is 1. The standard InChI is InChI=1S/C20H17N3O5/c24-19(10-9-15-5-3-6-16(13-15)23(26)27)28-12-4-11-22-14-21-18-8-2-1-7-17(18)20(22)25/h1-3,5-10,13-14H,4,11-12H2/b10-9+. The minimum atomic E-state index is -0.560. The van der Waals surface area contributed by atoms with Crippen molar-refractivity contribution in [1.29, 1.82) is 0 Å². The van der Waals surface area contributed by atoms with Crippen molar-refractivity contribution >= 4 is 28.6 Å². The molecule has 0 atom stereocenters. The first-order valence-electron chi connectivity index (χ1n) is 8.58. The molecule has 0 aliphatic carbocycles. The van der Waals surface area contributed by atoms with Gasteiger partial charge in [0.25, 0.3) is 11.2 Å². The Hall–Kier alpha value is -3.81. The minimum absolute atomic E-state index is 0.0510. The average molecular weight is 379 g/mol. The summed E-state index contributed by atoms with van der Waals surface area (Å²) < 4.78 is 6.58. The third-order valence-corrected chi connectivity index (χ3v) is 4.01. The van der Waals surface area contributed by atoms with E-state index in [4.69, 9.17) is 4.74 Å². The van der Waals surface area contributed by atoms with Gasteiger partial charge in [0.05, 0.1) is 28.8 Å². The largest absolute Gasteiger partial charge is 0.462 e. The van der Waals surface area contributed by atoms with Gasteiger partial charge in [-0.1, -0.05) is 24.3 Å². The number of nitrogens with zero attached hydrogens (tertiary/aromatic N) is 3. The number of aryl methyl sites for hydroxylation is 1. The Morgan fingerprint density at radius 1 is 1.21 bits per heavy atom. The van der Waals surface area contributed by atoms with Gasteiger partial charge in [-0.05, 0) is 30.2 Å². The summed E-state index contributed by atoms with van der Waals surface area (Å²) in [5, 5.41) is 11.3. The average Bonchev–Trinajstić information content (AvgIpc) is 2.71. The number of fused-ring (bicyclic) bond motifs is 1. The van der Waals surface area contributed by atoms with Crippen molar-refractivity contribution in [2.75, 3.05) is 6.61 Å². The van der Waals surface area contributed by atoms with Crippen LogP contribution >= 0.6 is 0 Å². The van der Waals surface area contributed by atoms with Gasteiger partial charge in [-0.2, -0.15) is 0 Å². The zero-order valence-electron chi connectivity index (χ0n) is 14.9. The number of non-ortho nitro benzene ring substituents is 1. The molecule has 3 rings (SSSR count). The molecule has 0 unspecified atom stereocenters. The normalized spacial score (nSPS) is 11.0. The van der Waals surface area contributed by atoms with Gasteiger partial charge >= 0.3 is 5.97 Å². The first-order chi connectivity index (χ1) is 13.5. The third kappa shape index (κ3) is 4.67. The molecule has 3 aromatic rings. The van der Waals surface area contributed by atoms with Gasteiger partial charge < -0.3 is 4.74 Å². The zero-order chi connectivity index (χ0) is 19.9. The summed E-state index contributed by atoms with van der Waals surface area (Å²) in [6, 6.07) is 13.0. The maximum atomic E-state index is 12.3. The summed E-state index contributed by atoms with van der Waals surface area (Å²) in [7, 11) is 0. The van der Waals surface area contributed by atoms with Gasteiger partial charge in [0.1, 0.15) is 0 Å². The number of ether oxygens (including phenoxy) is 1. The maximum absolute atomic E-state index is 12.3. The SMILES string of the molecule is O=C(/C=C/c1cccc([N+](=O)[O-])c1)OCCCn1cnc2ccccc2c1=O. The fourth-order valence-corrected chi connectivity index (χ4v) is 2.63. The van der Waals surface area contributed by atoms with Crippen molar-refractivity contribution < 1.29 is 14.5 Å². The minimum Gasteiger partial charge on any atom is -0.462 e. The molecule has 142 valence electrons. The zero-order valence-corrected chi connectivity index (χ0v) is 14.9. The number of carbonyl (C=O) groups is 1. The van der Waals surface area contributed by atoms with Gasteiger partial charge in [-0.3, -0.25) is 19.5 Å². The van der Waals surface area contributed by atoms with E-state index in [0.29, 0.717) is 29.4 Å². The molecule has 0 aliphatic heterocycles. The molecule has 8 heteroatoms. The van der Waals surface area contributed by atoms with Crippen molar-refractivity contribution in [1.82, 2.24) is 9.55 Å². The third-order valence-electron chi connectivity index (χ3n) is 4.01. The second kappa shape index (κ2) is 8.72. The van der Waals surface area contributed by atoms with E-state index in [1.54, 1.807) is 30.3 Å². The number of hydrogen-bond donors (Lipinski definition) is 0. The Bertz CT molecular complexity index is 1100. The summed E-state index contributed by atoms with van der Waals surface area (Å²) in [6.45, 7) is 0.510. The molecule has 28 heavy (non-hydrogen) atoms. The highest BCUT2D eigenvalue weighted by Crippen LogP contribution is 2.14. The Balaban J connectivity index is 1.51. The van der Waals surface area contributed by atoms with Crippen LogP contribution in [-0.4, -0.2) is 27.1 Å². The van der Waals surface area contributed by atoms with Gasteiger partial charge in [0.15, 0.2) is 0 Å². The molecule has 0 fully saturated rings. The Morgan fingerprint density at radius 3 is 2.86 bits per heavy atom. The molecule has 0 aliphatic rings. The number of aromatic nitrogens is 2. The molecular weight excluding hydrogens is 362 g/mol. The van der Waals surface area contributed by atoms with Crippen LogP contribution in [0.25, 0.3) is 17.0 Å². The smallest absolute Gasteiger partial charge is 0.330 e. The van der Waals surface area contributed by atoms with E-state index in [2.05, 4.69) is 4.98 Å². The quantitative estimate of drug-likeness (QED) is 0.205. The summed E-state index contributed by atoms with van der Waals surface area (Å²) >= 11 is 0. The maximum Gasteiger partial charge on any atom is 0.330 e. The summed E-state index contributed by atoms with van der Waals surface area (Å²) in [6.07, 6.45) is 4.60. The number of rotatable bonds is 7. The lowest BCUT2D eigenvalue weighted by Crippen LogP contribution is -2.21. The molecule has 0 amide bonds. The monoisotopic (exact) mass is 379 g/mol. The van der Waals surface area contributed by atoms with E-state index < -0.39 is 10.9 Å². The number of para-hydroxylation sites is 1. The second-order valence-electron chi connectivity index (χ2n) is 5.97. The Kier molecular flexibility index (Phi) is 5.91. The molecule has 1 heterocycles. The molecule has 0 spiro atoms. The van der Waals surface area contributed by atoms with Gasteiger partial charge in [0.2, 0.25) is 0 Å². The van der Waals surface area contributed by atoms with E-state index in [-0.39, 0.29) is 17.9 Å². The van der Waals surface area contributed by atoms with Gasteiger partial charge in [0, 0.05) is 24.8 Å².